The van der Waals surface area contributed by atoms with Crippen molar-refractivity contribution in [2.45, 2.75) is 19.8 Å². The number of aromatic nitrogens is 2. The van der Waals surface area contributed by atoms with E-state index < -0.39 is 0 Å². The first-order valence-electron chi connectivity index (χ1n) is 6.18. The number of oxime groups is 1. The Kier molecular flexibility index (Phi) is 4.14. The summed E-state index contributed by atoms with van der Waals surface area (Å²) >= 11 is 0. The lowest BCUT2D eigenvalue weighted by Crippen LogP contribution is -2.15. The fraction of sp³-hybridized carbons (Fsp3) is 0.214. The smallest absolute Gasteiger partial charge is 0.237 e. The summed E-state index contributed by atoms with van der Waals surface area (Å²) in [5.41, 5.74) is 6.88. The molecule has 3 N–H and O–H groups in total. The summed E-state index contributed by atoms with van der Waals surface area (Å²) in [7, 11) is 0. The number of nitrogens with two attached hydrogens (primary N) is 1. The number of hydrogen-bond acceptors (Lipinski definition) is 5. The molecule has 0 fully saturated rings. The molecule has 1 heterocycles. The van der Waals surface area contributed by atoms with Gasteiger partial charge in [-0.05, 0) is 23.6 Å². The Labute approximate surface area is 116 Å². The number of benzene rings is 1. The van der Waals surface area contributed by atoms with E-state index in [1.54, 1.807) is 0 Å². The first-order valence-corrected chi connectivity index (χ1v) is 6.18. The highest BCUT2D eigenvalue weighted by Gasteiger charge is 2.05. The van der Waals surface area contributed by atoms with E-state index >= 15 is 0 Å². The number of ether oxygens (including phenoxy) is 1. The molecule has 2 rings (SSSR count). The Morgan fingerprint density at radius 3 is 2.70 bits per heavy atom. The van der Waals surface area contributed by atoms with Gasteiger partial charge in [-0.2, -0.15) is 0 Å². The topological polar surface area (TPSA) is 93.6 Å². The molecule has 0 aliphatic carbocycles. The van der Waals surface area contributed by atoms with Crippen LogP contribution in [0.4, 0.5) is 0 Å². The van der Waals surface area contributed by atoms with Crippen LogP contribution in [0.5, 0.6) is 11.6 Å². The van der Waals surface area contributed by atoms with Crippen LogP contribution in [0.25, 0.3) is 0 Å². The van der Waals surface area contributed by atoms with E-state index in [2.05, 4.69) is 29.0 Å². The highest BCUT2D eigenvalue weighted by atomic mass is 16.5. The van der Waals surface area contributed by atoms with Crippen LogP contribution in [0.2, 0.25) is 0 Å². The lowest BCUT2D eigenvalue weighted by molar-refractivity contribution is 0.318. The van der Waals surface area contributed by atoms with Crippen LogP contribution in [-0.4, -0.2) is 21.0 Å². The van der Waals surface area contributed by atoms with Crippen LogP contribution < -0.4 is 10.5 Å². The van der Waals surface area contributed by atoms with Crippen LogP contribution in [0.3, 0.4) is 0 Å². The van der Waals surface area contributed by atoms with Crippen molar-refractivity contribution in [3.05, 3.63) is 47.9 Å². The van der Waals surface area contributed by atoms with E-state index in [1.165, 1.54) is 18.0 Å². The summed E-state index contributed by atoms with van der Waals surface area (Å²) in [5, 5.41) is 11.4. The van der Waals surface area contributed by atoms with Gasteiger partial charge in [-0.15, -0.1) is 0 Å². The van der Waals surface area contributed by atoms with Crippen molar-refractivity contribution < 1.29 is 9.94 Å². The molecule has 1 aromatic carbocycles. The monoisotopic (exact) mass is 272 g/mol. The molecular formula is C14H16N4O2. The second-order valence-corrected chi connectivity index (χ2v) is 4.55. The van der Waals surface area contributed by atoms with E-state index in [1.807, 2.05) is 24.3 Å². The normalized spacial score (nSPS) is 11.7. The summed E-state index contributed by atoms with van der Waals surface area (Å²) in [6, 6.07) is 7.79. The van der Waals surface area contributed by atoms with Crippen LogP contribution in [0, 0.1) is 0 Å². The molecule has 6 heteroatoms. The Morgan fingerprint density at radius 2 is 2.10 bits per heavy atom. The van der Waals surface area contributed by atoms with Crippen molar-refractivity contribution in [1.29, 1.82) is 0 Å². The van der Waals surface area contributed by atoms with E-state index in [9.17, 15) is 0 Å². The maximum Gasteiger partial charge on any atom is 0.237 e. The molecule has 104 valence electrons. The van der Waals surface area contributed by atoms with Gasteiger partial charge >= 0.3 is 0 Å². The van der Waals surface area contributed by atoms with E-state index in [4.69, 9.17) is 15.7 Å². The molecule has 0 radical (unpaired) electrons. The zero-order valence-electron chi connectivity index (χ0n) is 11.3. The van der Waals surface area contributed by atoms with Gasteiger partial charge in [-0.25, -0.2) is 9.97 Å². The predicted molar refractivity (Wildman–Crippen MR) is 75.1 cm³/mol. The zero-order chi connectivity index (χ0) is 14.5. The minimum atomic E-state index is -0.0918. The highest BCUT2D eigenvalue weighted by Crippen LogP contribution is 2.23. The third kappa shape index (κ3) is 3.23. The molecule has 0 saturated heterocycles. The van der Waals surface area contributed by atoms with Gasteiger partial charge in [0.25, 0.3) is 0 Å². The molecule has 6 nitrogen and oxygen atoms in total. The Hall–Kier alpha value is -2.63. The minimum Gasteiger partial charge on any atom is -0.437 e. The van der Waals surface area contributed by atoms with Crippen molar-refractivity contribution in [2.24, 2.45) is 10.9 Å². The molecule has 1 aromatic heterocycles. The quantitative estimate of drug-likeness (QED) is 0.386. The molecule has 0 aliphatic rings. The Bertz CT molecular complexity index is 609. The van der Waals surface area contributed by atoms with Crippen molar-refractivity contribution in [3.8, 4) is 11.6 Å². The maximum absolute atomic E-state index is 8.54. The van der Waals surface area contributed by atoms with E-state index in [-0.39, 0.29) is 11.5 Å². The largest absolute Gasteiger partial charge is 0.437 e. The zero-order valence-corrected chi connectivity index (χ0v) is 11.3. The van der Waals surface area contributed by atoms with E-state index in [0.717, 1.165) is 0 Å². The van der Waals surface area contributed by atoms with Crippen molar-refractivity contribution in [3.63, 3.8) is 0 Å². The van der Waals surface area contributed by atoms with Gasteiger partial charge in [0.1, 0.15) is 11.4 Å². The molecule has 0 spiro atoms. The van der Waals surface area contributed by atoms with E-state index in [0.29, 0.717) is 17.5 Å². The standard InChI is InChI=1S/C14H16N4O2/c1-9(2)10-4-3-5-11(6-10)20-13-8-16-12(7-17-13)14(15)18-19/h3-9,19H,1-2H3,(H2,15,18). The van der Waals surface area contributed by atoms with Crippen LogP contribution in [0.1, 0.15) is 31.0 Å². The van der Waals surface area contributed by atoms with Crippen molar-refractivity contribution >= 4 is 5.84 Å². The molecule has 20 heavy (non-hydrogen) atoms. The van der Waals surface area contributed by atoms with Gasteiger partial charge in [0.2, 0.25) is 5.88 Å². The van der Waals surface area contributed by atoms with Crippen LogP contribution in [-0.2, 0) is 0 Å². The average molecular weight is 272 g/mol. The maximum atomic E-state index is 8.54. The van der Waals surface area contributed by atoms with Gasteiger partial charge in [0.05, 0.1) is 12.4 Å². The van der Waals surface area contributed by atoms with Gasteiger partial charge in [0.15, 0.2) is 5.84 Å². The predicted octanol–water partition coefficient (Wildman–Crippen LogP) is 2.49. The molecule has 0 aliphatic heterocycles. The second-order valence-electron chi connectivity index (χ2n) is 4.55. The Balaban J connectivity index is 2.16. The fourth-order valence-corrected chi connectivity index (χ4v) is 1.61. The molecule has 0 atom stereocenters. The van der Waals surface area contributed by atoms with Gasteiger partial charge in [-0.1, -0.05) is 31.1 Å². The summed E-state index contributed by atoms with van der Waals surface area (Å²) in [5.74, 6) is 1.38. The van der Waals surface area contributed by atoms with Crippen molar-refractivity contribution in [2.75, 3.05) is 0 Å². The molecule has 0 amide bonds. The Morgan fingerprint density at radius 1 is 1.30 bits per heavy atom. The van der Waals surface area contributed by atoms with Crippen LogP contribution in [0.15, 0.2) is 41.8 Å². The number of hydrogen-bond donors (Lipinski definition) is 2. The van der Waals surface area contributed by atoms with Crippen LogP contribution >= 0.6 is 0 Å². The SMILES string of the molecule is CC(C)c1cccc(Oc2cnc(C(N)=NO)cn2)c1. The number of amidine groups is 1. The minimum absolute atomic E-state index is 0.0918. The molecule has 0 bridgehead atoms. The second kappa shape index (κ2) is 6.01. The highest BCUT2D eigenvalue weighted by molar-refractivity contribution is 5.94. The number of rotatable bonds is 4. The summed E-state index contributed by atoms with van der Waals surface area (Å²) < 4.78 is 5.62. The van der Waals surface area contributed by atoms with Crippen molar-refractivity contribution in [1.82, 2.24) is 9.97 Å². The summed E-state index contributed by atoms with van der Waals surface area (Å²) in [6.45, 7) is 4.23. The molecule has 0 unspecified atom stereocenters. The number of nitrogens with zero attached hydrogens (tertiary/aromatic N) is 3. The summed E-state index contributed by atoms with van der Waals surface area (Å²) in [6.07, 6.45) is 2.81. The third-order valence-corrected chi connectivity index (χ3v) is 2.75. The first kappa shape index (κ1) is 13.8. The van der Waals surface area contributed by atoms with Gasteiger partial charge < -0.3 is 15.7 Å². The average Bonchev–Trinajstić information content (AvgIpc) is 2.47. The summed E-state index contributed by atoms with van der Waals surface area (Å²) in [4.78, 5) is 8.06. The molecule has 0 saturated carbocycles. The first-order chi connectivity index (χ1) is 9.60. The lowest BCUT2D eigenvalue weighted by atomic mass is 10.0. The lowest BCUT2D eigenvalue weighted by Gasteiger charge is -2.09. The molecular weight excluding hydrogens is 256 g/mol. The van der Waals surface area contributed by atoms with Gasteiger partial charge in [0, 0.05) is 0 Å². The third-order valence-electron chi connectivity index (χ3n) is 2.75. The van der Waals surface area contributed by atoms with Gasteiger partial charge in [-0.3, -0.25) is 0 Å². The molecule has 2 aromatic rings. The fourth-order valence-electron chi connectivity index (χ4n) is 1.61.